The number of ether oxygens (including phenoxy) is 2. The van der Waals surface area contributed by atoms with Crippen LogP contribution in [-0.4, -0.2) is 28.7 Å². The molecular formula is C21H20N2O4. The Morgan fingerprint density at radius 2 is 1.93 bits per heavy atom. The quantitative estimate of drug-likeness (QED) is 0.698. The minimum Gasteiger partial charge on any atom is -0.454 e. The Kier molecular flexibility index (Phi) is 4.54. The first-order valence-corrected chi connectivity index (χ1v) is 8.90. The number of carbonyl (C=O) groups is 1. The van der Waals surface area contributed by atoms with Crippen LogP contribution in [0.15, 0.2) is 59.5 Å². The van der Waals surface area contributed by atoms with Crippen LogP contribution in [0.5, 0.6) is 11.5 Å². The average Bonchev–Trinajstić information content (AvgIpc) is 3.16. The maximum absolute atomic E-state index is 12.9. The molecule has 1 aliphatic rings. The second-order valence-corrected chi connectivity index (χ2v) is 6.42. The Bertz CT molecular complexity index is 1060. The highest BCUT2D eigenvalue weighted by Gasteiger charge is 2.17. The number of aromatic nitrogens is 1. The molecule has 0 fully saturated rings. The SMILES string of the molecule is CCN(Cc1ccc2c(c1)OCO2)C(=O)Cn1ccc(=O)c2ccccc21. The number of hydrogen-bond donors (Lipinski definition) is 0. The third-order valence-electron chi connectivity index (χ3n) is 4.74. The topological polar surface area (TPSA) is 60.8 Å². The normalized spacial score (nSPS) is 12.3. The van der Waals surface area contributed by atoms with Crippen molar-refractivity contribution >= 4 is 16.8 Å². The third kappa shape index (κ3) is 3.38. The summed E-state index contributed by atoms with van der Waals surface area (Å²) in [6.45, 7) is 3.44. The first kappa shape index (κ1) is 17.1. The first-order chi connectivity index (χ1) is 13.2. The van der Waals surface area contributed by atoms with Crippen molar-refractivity contribution in [2.24, 2.45) is 0 Å². The van der Waals surface area contributed by atoms with E-state index >= 15 is 0 Å². The number of likely N-dealkylation sites (N-methyl/N-ethyl adjacent to an activating group) is 1. The fourth-order valence-electron chi connectivity index (χ4n) is 3.28. The summed E-state index contributed by atoms with van der Waals surface area (Å²) < 4.78 is 12.6. The number of nitrogens with zero attached hydrogens (tertiary/aromatic N) is 2. The van der Waals surface area contributed by atoms with E-state index in [1.165, 1.54) is 6.07 Å². The van der Waals surface area contributed by atoms with Crippen molar-refractivity contribution in [2.75, 3.05) is 13.3 Å². The van der Waals surface area contributed by atoms with Crippen LogP contribution >= 0.6 is 0 Å². The van der Waals surface area contributed by atoms with Crippen molar-refractivity contribution in [3.63, 3.8) is 0 Å². The smallest absolute Gasteiger partial charge is 0.242 e. The molecule has 1 amide bonds. The predicted octanol–water partition coefficient (Wildman–Crippen LogP) is 2.78. The Balaban J connectivity index is 1.55. The highest BCUT2D eigenvalue weighted by atomic mass is 16.7. The molecule has 0 bridgehead atoms. The van der Waals surface area contributed by atoms with E-state index in [0.717, 1.165) is 16.8 Å². The Hall–Kier alpha value is -3.28. The van der Waals surface area contributed by atoms with Gasteiger partial charge in [0, 0.05) is 30.7 Å². The van der Waals surface area contributed by atoms with Crippen LogP contribution in [0, 0.1) is 0 Å². The van der Waals surface area contributed by atoms with Gasteiger partial charge in [0.2, 0.25) is 12.7 Å². The second kappa shape index (κ2) is 7.15. The molecular weight excluding hydrogens is 344 g/mol. The van der Waals surface area contributed by atoms with Crippen LogP contribution in [-0.2, 0) is 17.9 Å². The first-order valence-electron chi connectivity index (χ1n) is 8.90. The van der Waals surface area contributed by atoms with Crippen LogP contribution in [0.4, 0.5) is 0 Å². The van der Waals surface area contributed by atoms with Crippen molar-refractivity contribution in [1.29, 1.82) is 0 Å². The summed E-state index contributed by atoms with van der Waals surface area (Å²) in [5, 5.41) is 0.617. The lowest BCUT2D eigenvalue weighted by atomic mass is 10.2. The lowest BCUT2D eigenvalue weighted by Gasteiger charge is -2.22. The van der Waals surface area contributed by atoms with Gasteiger partial charge in [-0.2, -0.15) is 0 Å². The molecule has 0 atom stereocenters. The maximum atomic E-state index is 12.9. The van der Waals surface area contributed by atoms with Crippen LogP contribution in [0.25, 0.3) is 10.9 Å². The molecule has 0 aliphatic carbocycles. The molecule has 6 heteroatoms. The monoisotopic (exact) mass is 364 g/mol. The van der Waals surface area contributed by atoms with E-state index in [9.17, 15) is 9.59 Å². The predicted molar refractivity (Wildman–Crippen MR) is 102 cm³/mol. The van der Waals surface area contributed by atoms with Gasteiger partial charge in [-0.05, 0) is 36.8 Å². The Labute approximate surface area is 156 Å². The van der Waals surface area contributed by atoms with Crippen molar-refractivity contribution in [2.45, 2.75) is 20.0 Å². The summed E-state index contributed by atoms with van der Waals surface area (Å²) in [5.74, 6) is 1.43. The Morgan fingerprint density at radius 3 is 2.78 bits per heavy atom. The number of amides is 1. The van der Waals surface area contributed by atoms with E-state index < -0.39 is 0 Å². The molecule has 2 aromatic carbocycles. The highest BCUT2D eigenvalue weighted by molar-refractivity contribution is 5.82. The molecule has 138 valence electrons. The minimum atomic E-state index is -0.0398. The maximum Gasteiger partial charge on any atom is 0.242 e. The van der Waals surface area contributed by atoms with E-state index in [1.807, 2.05) is 47.9 Å². The molecule has 0 saturated heterocycles. The van der Waals surface area contributed by atoms with E-state index in [-0.39, 0.29) is 24.7 Å². The zero-order chi connectivity index (χ0) is 18.8. The summed E-state index contributed by atoms with van der Waals surface area (Å²) in [6.07, 6.45) is 1.68. The molecule has 0 radical (unpaired) electrons. The highest BCUT2D eigenvalue weighted by Crippen LogP contribution is 2.32. The van der Waals surface area contributed by atoms with Gasteiger partial charge in [0.15, 0.2) is 16.9 Å². The van der Waals surface area contributed by atoms with Crippen molar-refractivity contribution in [1.82, 2.24) is 9.47 Å². The van der Waals surface area contributed by atoms with Crippen LogP contribution < -0.4 is 14.9 Å². The number of hydrogen-bond acceptors (Lipinski definition) is 4. The number of fused-ring (bicyclic) bond motifs is 2. The van der Waals surface area contributed by atoms with Gasteiger partial charge >= 0.3 is 0 Å². The molecule has 27 heavy (non-hydrogen) atoms. The van der Waals surface area contributed by atoms with Gasteiger partial charge in [-0.15, -0.1) is 0 Å². The lowest BCUT2D eigenvalue weighted by molar-refractivity contribution is -0.132. The summed E-state index contributed by atoms with van der Waals surface area (Å²) in [6, 6.07) is 14.6. The zero-order valence-electron chi connectivity index (χ0n) is 15.1. The summed E-state index contributed by atoms with van der Waals surface area (Å²) in [4.78, 5) is 26.7. The molecule has 3 aromatic rings. The lowest BCUT2D eigenvalue weighted by Crippen LogP contribution is -2.33. The largest absolute Gasteiger partial charge is 0.454 e. The molecule has 4 rings (SSSR count). The van der Waals surface area contributed by atoms with Gasteiger partial charge in [-0.3, -0.25) is 9.59 Å². The molecule has 1 aliphatic heterocycles. The van der Waals surface area contributed by atoms with Crippen molar-refractivity contribution < 1.29 is 14.3 Å². The van der Waals surface area contributed by atoms with Gasteiger partial charge in [0.05, 0.1) is 5.52 Å². The van der Waals surface area contributed by atoms with Gasteiger partial charge in [0.1, 0.15) is 6.54 Å². The van der Waals surface area contributed by atoms with E-state index in [0.29, 0.717) is 24.2 Å². The molecule has 6 nitrogen and oxygen atoms in total. The van der Waals surface area contributed by atoms with Gasteiger partial charge in [-0.25, -0.2) is 0 Å². The van der Waals surface area contributed by atoms with E-state index in [2.05, 4.69) is 0 Å². The van der Waals surface area contributed by atoms with Crippen molar-refractivity contribution in [3.05, 3.63) is 70.5 Å². The number of rotatable bonds is 5. The van der Waals surface area contributed by atoms with Crippen LogP contribution in [0.1, 0.15) is 12.5 Å². The number of benzene rings is 2. The molecule has 0 spiro atoms. The fourth-order valence-corrected chi connectivity index (χ4v) is 3.28. The van der Waals surface area contributed by atoms with Crippen molar-refractivity contribution in [3.8, 4) is 11.5 Å². The fraction of sp³-hybridized carbons (Fsp3) is 0.238. The number of para-hydroxylation sites is 1. The molecule has 0 N–H and O–H groups in total. The Morgan fingerprint density at radius 1 is 1.11 bits per heavy atom. The average molecular weight is 364 g/mol. The van der Waals surface area contributed by atoms with E-state index in [4.69, 9.17) is 9.47 Å². The summed E-state index contributed by atoms with van der Waals surface area (Å²) in [5.41, 5.74) is 1.71. The second-order valence-electron chi connectivity index (χ2n) is 6.42. The molecule has 1 aromatic heterocycles. The molecule has 2 heterocycles. The standard InChI is InChI=1S/C21H20N2O4/c1-2-22(12-15-7-8-19-20(11-15)27-14-26-19)21(25)13-23-10-9-18(24)16-5-3-4-6-17(16)23/h3-11H,2,12-14H2,1H3. The molecule has 0 saturated carbocycles. The number of pyridine rings is 1. The zero-order valence-corrected chi connectivity index (χ0v) is 15.1. The van der Waals surface area contributed by atoms with Gasteiger partial charge in [-0.1, -0.05) is 18.2 Å². The van der Waals surface area contributed by atoms with Gasteiger partial charge in [0.25, 0.3) is 0 Å². The van der Waals surface area contributed by atoms with E-state index in [1.54, 1.807) is 17.2 Å². The molecule has 0 unspecified atom stereocenters. The van der Waals surface area contributed by atoms with Crippen LogP contribution in [0.3, 0.4) is 0 Å². The summed E-state index contributed by atoms with van der Waals surface area (Å²) >= 11 is 0. The van der Waals surface area contributed by atoms with Gasteiger partial charge < -0.3 is 18.9 Å². The number of carbonyl (C=O) groups excluding carboxylic acids is 1. The van der Waals surface area contributed by atoms with Crippen LogP contribution in [0.2, 0.25) is 0 Å². The minimum absolute atomic E-state index is 0.0102. The summed E-state index contributed by atoms with van der Waals surface area (Å²) in [7, 11) is 0. The third-order valence-corrected chi connectivity index (χ3v) is 4.74.